The van der Waals surface area contributed by atoms with E-state index in [-0.39, 0.29) is 12.5 Å². The number of benzene rings is 2. The summed E-state index contributed by atoms with van der Waals surface area (Å²) in [7, 11) is 1.53. The minimum atomic E-state index is -0.306. The van der Waals surface area contributed by atoms with E-state index in [1.165, 1.54) is 7.11 Å². The van der Waals surface area contributed by atoms with Gasteiger partial charge in [0.05, 0.1) is 17.8 Å². The van der Waals surface area contributed by atoms with Crippen LogP contribution in [-0.2, 0) is 4.79 Å². The number of rotatable bonds is 5. The van der Waals surface area contributed by atoms with Crippen molar-refractivity contribution in [3.8, 4) is 11.5 Å². The topological polar surface area (TPSA) is 73.6 Å². The molecule has 0 bridgehead atoms. The summed E-state index contributed by atoms with van der Waals surface area (Å²) < 4.78 is 10.4. The molecule has 0 aromatic heterocycles. The fourth-order valence-electron chi connectivity index (χ4n) is 1.71. The van der Waals surface area contributed by atoms with Crippen LogP contribution in [0.3, 0.4) is 0 Å². The third-order valence-electron chi connectivity index (χ3n) is 2.71. The third-order valence-corrected chi connectivity index (χ3v) is 3.02. The maximum atomic E-state index is 11.8. The maximum Gasteiger partial charge on any atom is 0.262 e. The van der Waals surface area contributed by atoms with Crippen LogP contribution in [0.1, 0.15) is 0 Å². The van der Waals surface area contributed by atoms with E-state index in [9.17, 15) is 4.79 Å². The van der Waals surface area contributed by atoms with E-state index in [4.69, 9.17) is 26.8 Å². The molecule has 2 aromatic carbocycles. The second kappa shape index (κ2) is 6.85. The molecule has 0 aliphatic carbocycles. The van der Waals surface area contributed by atoms with Gasteiger partial charge in [0, 0.05) is 5.69 Å². The molecule has 1 amide bonds. The minimum absolute atomic E-state index is 0.143. The first kappa shape index (κ1) is 15.0. The van der Waals surface area contributed by atoms with E-state index < -0.39 is 0 Å². The molecule has 2 aromatic rings. The first-order valence-electron chi connectivity index (χ1n) is 6.21. The number of ether oxygens (including phenoxy) is 2. The lowest BCUT2D eigenvalue weighted by Crippen LogP contribution is -2.20. The van der Waals surface area contributed by atoms with Gasteiger partial charge in [-0.15, -0.1) is 0 Å². The Labute approximate surface area is 127 Å². The molecule has 0 saturated carbocycles. The van der Waals surface area contributed by atoms with Crippen molar-refractivity contribution in [3.63, 3.8) is 0 Å². The quantitative estimate of drug-likeness (QED) is 0.833. The predicted molar refractivity (Wildman–Crippen MR) is 83.0 cm³/mol. The Morgan fingerprint density at radius 3 is 2.67 bits per heavy atom. The summed E-state index contributed by atoms with van der Waals surface area (Å²) >= 11 is 5.93. The molecule has 21 heavy (non-hydrogen) atoms. The molecule has 3 N–H and O–H groups in total. The number of methoxy groups -OCH3 is 1. The lowest BCUT2D eigenvalue weighted by atomic mass is 10.2. The molecule has 0 unspecified atom stereocenters. The van der Waals surface area contributed by atoms with Gasteiger partial charge >= 0.3 is 0 Å². The average molecular weight is 307 g/mol. The standard InChI is InChI=1S/C15H15ClN2O3/c1-20-14-7-6-10(8-12(14)17)18-15(19)9-21-13-5-3-2-4-11(13)16/h2-8H,9,17H2,1H3,(H,18,19). The Bertz CT molecular complexity index is 647. The lowest BCUT2D eigenvalue weighted by Gasteiger charge is -2.10. The highest BCUT2D eigenvalue weighted by molar-refractivity contribution is 6.32. The van der Waals surface area contributed by atoms with Gasteiger partial charge in [0.1, 0.15) is 11.5 Å². The number of amides is 1. The number of carbonyl (C=O) groups excluding carboxylic acids is 1. The fourth-order valence-corrected chi connectivity index (χ4v) is 1.90. The molecule has 0 atom stereocenters. The van der Waals surface area contributed by atoms with Crippen molar-refractivity contribution in [2.75, 3.05) is 24.8 Å². The van der Waals surface area contributed by atoms with E-state index in [2.05, 4.69) is 5.32 Å². The number of anilines is 2. The summed E-state index contributed by atoms with van der Waals surface area (Å²) in [5.74, 6) is 0.711. The average Bonchev–Trinajstić information content (AvgIpc) is 2.46. The van der Waals surface area contributed by atoms with Gasteiger partial charge in [-0.05, 0) is 30.3 Å². The van der Waals surface area contributed by atoms with Gasteiger partial charge in [-0.1, -0.05) is 23.7 Å². The van der Waals surface area contributed by atoms with Gasteiger partial charge in [0.25, 0.3) is 5.91 Å². The second-order valence-electron chi connectivity index (χ2n) is 4.22. The van der Waals surface area contributed by atoms with E-state index in [1.807, 2.05) is 0 Å². The molecule has 6 heteroatoms. The van der Waals surface area contributed by atoms with Crippen LogP contribution in [0, 0.1) is 0 Å². The first-order chi connectivity index (χ1) is 10.1. The van der Waals surface area contributed by atoms with Gasteiger partial charge in [-0.2, -0.15) is 0 Å². The molecule has 0 heterocycles. The number of hydrogen-bond acceptors (Lipinski definition) is 4. The summed E-state index contributed by atoms with van der Waals surface area (Å²) in [5, 5.41) is 3.14. The number of para-hydroxylation sites is 1. The van der Waals surface area contributed by atoms with Crippen LogP contribution in [-0.4, -0.2) is 19.6 Å². The summed E-state index contributed by atoms with van der Waals surface area (Å²) in [6.07, 6.45) is 0. The van der Waals surface area contributed by atoms with Crippen molar-refractivity contribution in [1.29, 1.82) is 0 Å². The zero-order chi connectivity index (χ0) is 15.2. The van der Waals surface area contributed by atoms with Crippen LogP contribution < -0.4 is 20.5 Å². The molecular formula is C15H15ClN2O3. The smallest absolute Gasteiger partial charge is 0.262 e. The molecular weight excluding hydrogens is 292 g/mol. The summed E-state index contributed by atoms with van der Waals surface area (Å²) in [4.78, 5) is 11.8. The number of carbonyl (C=O) groups is 1. The van der Waals surface area contributed by atoms with Crippen molar-refractivity contribution in [2.24, 2.45) is 0 Å². The van der Waals surface area contributed by atoms with E-state index in [0.717, 1.165) is 0 Å². The zero-order valence-corrected chi connectivity index (χ0v) is 12.2. The van der Waals surface area contributed by atoms with Crippen LogP contribution in [0.4, 0.5) is 11.4 Å². The summed E-state index contributed by atoms with van der Waals surface area (Å²) in [5.41, 5.74) is 6.78. The number of nitrogen functional groups attached to an aromatic ring is 1. The molecule has 5 nitrogen and oxygen atoms in total. The minimum Gasteiger partial charge on any atom is -0.495 e. The second-order valence-corrected chi connectivity index (χ2v) is 4.63. The SMILES string of the molecule is COc1ccc(NC(=O)COc2ccccc2Cl)cc1N. The van der Waals surface area contributed by atoms with Crippen LogP contribution in [0.15, 0.2) is 42.5 Å². The van der Waals surface area contributed by atoms with Crippen molar-refractivity contribution in [1.82, 2.24) is 0 Å². The molecule has 0 aliphatic rings. The first-order valence-corrected chi connectivity index (χ1v) is 6.58. The van der Waals surface area contributed by atoms with Gasteiger partial charge < -0.3 is 20.5 Å². The van der Waals surface area contributed by atoms with Crippen molar-refractivity contribution >= 4 is 28.9 Å². The Kier molecular flexibility index (Phi) is 4.90. The predicted octanol–water partition coefficient (Wildman–Crippen LogP) is 2.95. The zero-order valence-electron chi connectivity index (χ0n) is 11.4. The van der Waals surface area contributed by atoms with Crippen molar-refractivity contribution in [3.05, 3.63) is 47.5 Å². The third kappa shape index (κ3) is 4.03. The number of hydrogen-bond donors (Lipinski definition) is 2. The largest absolute Gasteiger partial charge is 0.495 e. The van der Waals surface area contributed by atoms with Crippen LogP contribution >= 0.6 is 11.6 Å². The van der Waals surface area contributed by atoms with Crippen molar-refractivity contribution < 1.29 is 14.3 Å². The van der Waals surface area contributed by atoms with Gasteiger partial charge in [0.2, 0.25) is 0 Å². The number of nitrogens with two attached hydrogens (primary N) is 1. The van der Waals surface area contributed by atoms with Gasteiger partial charge in [0.15, 0.2) is 6.61 Å². The highest BCUT2D eigenvalue weighted by Crippen LogP contribution is 2.25. The van der Waals surface area contributed by atoms with E-state index in [0.29, 0.717) is 27.9 Å². The van der Waals surface area contributed by atoms with E-state index in [1.54, 1.807) is 42.5 Å². The van der Waals surface area contributed by atoms with Gasteiger partial charge in [-0.25, -0.2) is 0 Å². The highest BCUT2D eigenvalue weighted by atomic mass is 35.5. The normalized spacial score (nSPS) is 10.0. The van der Waals surface area contributed by atoms with E-state index >= 15 is 0 Å². The molecule has 0 fully saturated rings. The summed E-state index contributed by atoms with van der Waals surface area (Å²) in [6.45, 7) is -0.143. The van der Waals surface area contributed by atoms with Crippen LogP contribution in [0.25, 0.3) is 0 Å². The number of nitrogens with one attached hydrogen (secondary N) is 1. The molecule has 0 radical (unpaired) electrons. The Morgan fingerprint density at radius 1 is 1.24 bits per heavy atom. The Morgan fingerprint density at radius 2 is 2.00 bits per heavy atom. The fraction of sp³-hybridized carbons (Fsp3) is 0.133. The molecule has 2 rings (SSSR count). The summed E-state index contributed by atoms with van der Waals surface area (Å²) in [6, 6.07) is 12.0. The monoisotopic (exact) mass is 306 g/mol. The highest BCUT2D eigenvalue weighted by Gasteiger charge is 2.07. The lowest BCUT2D eigenvalue weighted by molar-refractivity contribution is -0.118. The van der Waals surface area contributed by atoms with Gasteiger partial charge in [-0.3, -0.25) is 4.79 Å². The Balaban J connectivity index is 1.93. The molecule has 0 aliphatic heterocycles. The Hall–Kier alpha value is -2.40. The molecule has 110 valence electrons. The maximum absolute atomic E-state index is 11.8. The molecule has 0 spiro atoms. The van der Waals surface area contributed by atoms with Crippen LogP contribution in [0.5, 0.6) is 11.5 Å². The van der Waals surface area contributed by atoms with Crippen LogP contribution in [0.2, 0.25) is 5.02 Å². The molecule has 0 saturated heterocycles. The van der Waals surface area contributed by atoms with Crippen molar-refractivity contribution in [2.45, 2.75) is 0 Å². The number of halogens is 1.